The van der Waals surface area contributed by atoms with Crippen LogP contribution in [0.2, 0.25) is 0 Å². The van der Waals surface area contributed by atoms with Crippen LogP contribution in [0.25, 0.3) is 0 Å². The Morgan fingerprint density at radius 2 is 1.90 bits per heavy atom. The summed E-state index contributed by atoms with van der Waals surface area (Å²) in [4.78, 5) is 0. The highest BCUT2D eigenvalue weighted by atomic mass is 79.9. The maximum Gasteiger partial charge on any atom is 0.175 e. The van der Waals surface area contributed by atoms with Crippen LogP contribution in [0, 0.1) is 0 Å². The molecule has 0 saturated heterocycles. The van der Waals surface area contributed by atoms with E-state index in [1.54, 1.807) is 6.21 Å². The van der Waals surface area contributed by atoms with Gasteiger partial charge in [-0.1, -0.05) is 0 Å². The first-order valence-electron chi connectivity index (χ1n) is 6.22. The maximum absolute atomic E-state index is 5.60. The van der Waals surface area contributed by atoms with Gasteiger partial charge in [0.1, 0.15) is 12.7 Å². The van der Waals surface area contributed by atoms with Gasteiger partial charge >= 0.3 is 0 Å². The average Bonchev–Trinajstić information content (AvgIpc) is 2.94. The summed E-state index contributed by atoms with van der Waals surface area (Å²) in [5.41, 5.74) is 0.887. The van der Waals surface area contributed by atoms with E-state index in [2.05, 4.69) is 31.2 Å². The van der Waals surface area contributed by atoms with E-state index in [9.17, 15) is 0 Å². The van der Waals surface area contributed by atoms with E-state index in [0.29, 0.717) is 24.7 Å². The molecule has 20 heavy (non-hydrogen) atoms. The highest BCUT2D eigenvalue weighted by molar-refractivity contribution is 9.10. The normalized spacial score (nSPS) is 10.9. The van der Waals surface area contributed by atoms with E-state index in [-0.39, 0.29) is 0 Å². The summed E-state index contributed by atoms with van der Waals surface area (Å²) < 4.78 is 13.5. The third-order valence-corrected chi connectivity index (χ3v) is 2.96. The lowest BCUT2D eigenvalue weighted by Gasteiger charge is -2.13. The first kappa shape index (κ1) is 14.5. The van der Waals surface area contributed by atoms with Gasteiger partial charge in [-0.15, -0.1) is 10.2 Å². The van der Waals surface area contributed by atoms with Crippen molar-refractivity contribution in [3.63, 3.8) is 0 Å². The van der Waals surface area contributed by atoms with Gasteiger partial charge in [-0.05, 0) is 47.5 Å². The fourth-order valence-electron chi connectivity index (χ4n) is 1.60. The number of benzene rings is 1. The Morgan fingerprint density at radius 3 is 2.55 bits per heavy atom. The van der Waals surface area contributed by atoms with Crippen molar-refractivity contribution in [1.82, 2.24) is 14.9 Å². The molecule has 0 spiro atoms. The number of hydrogen-bond acceptors (Lipinski definition) is 5. The lowest BCUT2D eigenvalue weighted by Crippen LogP contribution is -2.00. The monoisotopic (exact) mass is 338 g/mol. The SMILES string of the molecule is CCOc1cc(/C=N\n2cnnc2)cc(Br)c1OCC. The Balaban J connectivity index is 2.30. The van der Waals surface area contributed by atoms with Crippen molar-refractivity contribution in [2.24, 2.45) is 5.10 Å². The number of ether oxygens (including phenoxy) is 2. The summed E-state index contributed by atoms with van der Waals surface area (Å²) in [5.74, 6) is 1.39. The van der Waals surface area contributed by atoms with Gasteiger partial charge < -0.3 is 9.47 Å². The summed E-state index contributed by atoms with van der Waals surface area (Å²) in [5, 5.41) is 11.6. The van der Waals surface area contributed by atoms with Crippen LogP contribution in [0.3, 0.4) is 0 Å². The third kappa shape index (κ3) is 3.57. The molecular weight excluding hydrogens is 324 g/mol. The van der Waals surface area contributed by atoms with E-state index >= 15 is 0 Å². The second-order valence-electron chi connectivity index (χ2n) is 3.78. The quantitative estimate of drug-likeness (QED) is 0.759. The molecule has 0 aliphatic heterocycles. The Morgan fingerprint density at radius 1 is 1.20 bits per heavy atom. The largest absolute Gasteiger partial charge is 0.490 e. The first-order valence-corrected chi connectivity index (χ1v) is 7.02. The molecule has 0 aliphatic rings. The Bertz CT molecular complexity index is 584. The zero-order valence-corrected chi connectivity index (χ0v) is 12.9. The van der Waals surface area contributed by atoms with Crippen LogP contribution in [-0.4, -0.2) is 34.3 Å². The van der Waals surface area contributed by atoms with Crippen LogP contribution in [0.5, 0.6) is 11.5 Å². The molecular formula is C13H15BrN4O2. The van der Waals surface area contributed by atoms with E-state index in [4.69, 9.17) is 9.47 Å². The summed E-state index contributed by atoms with van der Waals surface area (Å²) in [6.45, 7) is 5.01. The highest BCUT2D eigenvalue weighted by Crippen LogP contribution is 2.36. The molecule has 7 heteroatoms. The number of aromatic nitrogens is 3. The zero-order valence-electron chi connectivity index (χ0n) is 11.3. The summed E-state index contributed by atoms with van der Waals surface area (Å²) in [6, 6.07) is 3.80. The van der Waals surface area contributed by atoms with Crippen molar-refractivity contribution >= 4 is 22.1 Å². The topological polar surface area (TPSA) is 61.5 Å². The Kier molecular flexibility index (Phi) is 5.11. The van der Waals surface area contributed by atoms with Crippen molar-refractivity contribution in [2.45, 2.75) is 13.8 Å². The molecule has 0 amide bonds. The molecule has 0 radical (unpaired) electrons. The van der Waals surface area contributed by atoms with Gasteiger partial charge in [-0.25, -0.2) is 4.68 Å². The molecule has 0 atom stereocenters. The fraction of sp³-hybridized carbons (Fsp3) is 0.308. The predicted molar refractivity (Wildman–Crippen MR) is 79.5 cm³/mol. The standard InChI is InChI=1S/C13H15BrN4O2/c1-3-19-12-6-10(5-11(14)13(12)20-4-2)7-17-18-8-15-16-9-18/h5-9H,3-4H2,1-2H3/b17-7-. The molecule has 2 aromatic rings. The van der Waals surface area contributed by atoms with E-state index < -0.39 is 0 Å². The lowest BCUT2D eigenvalue weighted by molar-refractivity contribution is 0.286. The third-order valence-electron chi connectivity index (χ3n) is 2.37. The van der Waals surface area contributed by atoms with E-state index in [0.717, 1.165) is 10.0 Å². The van der Waals surface area contributed by atoms with Gasteiger partial charge in [-0.3, -0.25) is 0 Å². The summed E-state index contributed by atoms with van der Waals surface area (Å²) in [7, 11) is 0. The number of halogens is 1. The molecule has 106 valence electrons. The van der Waals surface area contributed by atoms with Gasteiger partial charge in [0.15, 0.2) is 11.5 Å². The lowest BCUT2D eigenvalue weighted by atomic mass is 10.2. The van der Waals surface area contributed by atoms with Crippen molar-refractivity contribution in [3.8, 4) is 11.5 Å². The minimum Gasteiger partial charge on any atom is -0.490 e. The molecule has 0 saturated carbocycles. The summed E-state index contributed by atoms with van der Waals surface area (Å²) in [6.07, 6.45) is 4.74. The molecule has 0 aliphatic carbocycles. The molecule has 0 bridgehead atoms. The van der Waals surface area contributed by atoms with Crippen LogP contribution in [0.4, 0.5) is 0 Å². The first-order chi connectivity index (χ1) is 9.74. The zero-order chi connectivity index (χ0) is 14.4. The smallest absolute Gasteiger partial charge is 0.175 e. The van der Waals surface area contributed by atoms with Crippen LogP contribution in [0.1, 0.15) is 19.4 Å². The number of nitrogens with zero attached hydrogens (tertiary/aromatic N) is 4. The van der Waals surface area contributed by atoms with Crippen LogP contribution < -0.4 is 9.47 Å². The molecule has 0 unspecified atom stereocenters. The van der Waals surface area contributed by atoms with Crippen molar-refractivity contribution in [1.29, 1.82) is 0 Å². The van der Waals surface area contributed by atoms with Crippen LogP contribution in [-0.2, 0) is 0 Å². The van der Waals surface area contributed by atoms with Gasteiger partial charge in [0.25, 0.3) is 0 Å². The molecule has 1 heterocycles. The van der Waals surface area contributed by atoms with E-state index in [1.807, 2.05) is 26.0 Å². The van der Waals surface area contributed by atoms with E-state index in [1.165, 1.54) is 17.3 Å². The van der Waals surface area contributed by atoms with Gasteiger partial charge in [0, 0.05) is 0 Å². The minimum atomic E-state index is 0.568. The highest BCUT2D eigenvalue weighted by Gasteiger charge is 2.11. The van der Waals surface area contributed by atoms with Gasteiger partial charge in [0.2, 0.25) is 0 Å². The predicted octanol–water partition coefficient (Wildman–Crippen LogP) is 2.72. The maximum atomic E-state index is 5.60. The fourth-order valence-corrected chi connectivity index (χ4v) is 2.17. The number of hydrogen-bond donors (Lipinski definition) is 0. The van der Waals surface area contributed by atoms with Crippen molar-refractivity contribution in [3.05, 3.63) is 34.8 Å². The average molecular weight is 339 g/mol. The summed E-state index contributed by atoms with van der Waals surface area (Å²) >= 11 is 3.49. The van der Waals surface area contributed by atoms with Crippen molar-refractivity contribution < 1.29 is 9.47 Å². The molecule has 0 N–H and O–H groups in total. The molecule has 1 aromatic carbocycles. The van der Waals surface area contributed by atoms with Crippen LogP contribution in [0.15, 0.2) is 34.4 Å². The Labute approximate surface area is 125 Å². The van der Waals surface area contributed by atoms with Gasteiger partial charge in [-0.2, -0.15) is 5.10 Å². The molecule has 1 aromatic heterocycles. The second kappa shape index (κ2) is 7.04. The molecule has 0 fully saturated rings. The number of rotatable bonds is 6. The molecule has 2 rings (SSSR count). The second-order valence-corrected chi connectivity index (χ2v) is 4.64. The van der Waals surface area contributed by atoms with Crippen LogP contribution >= 0.6 is 15.9 Å². The van der Waals surface area contributed by atoms with Gasteiger partial charge in [0.05, 0.1) is 23.9 Å². The Hall–Kier alpha value is -1.89. The minimum absolute atomic E-state index is 0.568. The van der Waals surface area contributed by atoms with Crippen molar-refractivity contribution in [2.75, 3.05) is 13.2 Å². The molecule has 6 nitrogen and oxygen atoms in total.